The molecule has 5 heterocycles. The SMILES string of the molecule is CC(=O)OC12CCc3cc(c(O)c4c3CCC3CCCC3O4)CN3CC(CC4=CCNC(N)=C4)(CCN=C(N)NC4(CCCC4)SSCCCCCC(CC1)C(O)C2)CC3=O. The van der Waals surface area contributed by atoms with E-state index in [1.54, 1.807) is 0 Å². The predicted octanol–water partition coefficient (Wildman–Crippen LogP) is 7.24. The van der Waals surface area contributed by atoms with E-state index in [1.165, 1.54) is 6.92 Å². The van der Waals surface area contributed by atoms with Crippen molar-refractivity contribution in [2.24, 2.45) is 33.7 Å². The molecular weight excluding hydrogens is 809 g/mol. The first kappa shape index (κ1) is 44.4. The van der Waals surface area contributed by atoms with Crippen LogP contribution in [0, 0.1) is 17.3 Å². The Kier molecular flexibility index (Phi) is 14.0. The fourth-order valence-corrected chi connectivity index (χ4v) is 14.9. The number of aliphatic hydroxyl groups excluding tert-OH is 1. The fourth-order valence-electron chi connectivity index (χ4n) is 11.8. The molecule has 336 valence electrons. The standard InChI is InChI=1S/C47H70N6O6S2/c1-31(54)59-46-18-13-33(38(55)27-46)8-3-2-6-23-60-61-47(16-4-5-17-47)52-44(49)51-22-20-45(26-32-15-21-50-40(48)24-32)28-41(56)53(30-45)29-36-25-35(14-19-46)37-12-11-34-9-7-10-39(34)58-43(37)42(36)57/h15,24-25,33-34,38-39,50,55,57H,2-14,16-23,26-30,48H2,1H3,(H3,49,51,52). The topological polar surface area (TPSA) is 185 Å². The second-order valence-corrected chi connectivity index (χ2v) is 22.3. The normalized spacial score (nSPS) is 32.6. The second kappa shape index (κ2) is 19.3. The van der Waals surface area contributed by atoms with Crippen LogP contribution < -0.4 is 26.8 Å². The maximum Gasteiger partial charge on any atom is 0.303 e. The number of fused-ring (bicyclic) bond motifs is 14. The molecule has 12 nitrogen and oxygen atoms in total. The van der Waals surface area contributed by atoms with Crippen molar-refractivity contribution in [2.75, 3.05) is 25.4 Å². The third kappa shape index (κ3) is 10.6. The summed E-state index contributed by atoms with van der Waals surface area (Å²) in [5.41, 5.74) is 15.6. The number of rotatable bonds is 3. The summed E-state index contributed by atoms with van der Waals surface area (Å²) < 4.78 is 13.0. The predicted molar refractivity (Wildman–Crippen MR) is 244 cm³/mol. The number of phenolic OH excluding ortho intramolecular Hbond substituents is 1. The number of allylic oxidation sites excluding steroid dienone is 2. The molecule has 8 N–H and O–H groups in total. The minimum Gasteiger partial charge on any atom is -0.504 e. The van der Waals surface area contributed by atoms with Gasteiger partial charge in [0, 0.05) is 68.2 Å². The highest BCUT2D eigenvalue weighted by Crippen LogP contribution is 2.49. The number of benzene rings is 1. The first-order valence-corrected chi connectivity index (χ1v) is 25.7. The monoisotopic (exact) mass is 878 g/mol. The number of nitrogens with one attached hydrogen (secondary N) is 2. The molecule has 61 heavy (non-hydrogen) atoms. The molecular formula is C47H70N6O6S2. The van der Waals surface area contributed by atoms with E-state index < -0.39 is 17.1 Å². The van der Waals surface area contributed by atoms with Gasteiger partial charge in [-0.1, -0.05) is 53.3 Å². The molecule has 6 bridgehead atoms. The fraction of sp³-hybridized carbons (Fsp3) is 0.723. The quantitative estimate of drug-likeness (QED) is 0.132. The number of esters is 1. The number of aromatic hydroxyl groups is 1. The highest BCUT2D eigenvalue weighted by atomic mass is 33.1. The number of aliphatic imine (C=N–C) groups is 1. The summed E-state index contributed by atoms with van der Waals surface area (Å²) in [4.78, 5) is 33.6. The first-order valence-electron chi connectivity index (χ1n) is 23.4. The number of ether oxygens (including phenoxy) is 2. The number of hydrogen-bond donors (Lipinski definition) is 6. The van der Waals surface area contributed by atoms with E-state index in [1.807, 2.05) is 32.6 Å². The average Bonchev–Trinajstić information content (AvgIpc) is 3.91. The van der Waals surface area contributed by atoms with Gasteiger partial charge in [-0.05, 0) is 131 Å². The number of phenols is 1. The lowest BCUT2D eigenvalue weighted by Gasteiger charge is -2.42. The van der Waals surface area contributed by atoms with Gasteiger partial charge in [-0.15, -0.1) is 0 Å². The highest BCUT2D eigenvalue weighted by molar-refractivity contribution is 8.77. The van der Waals surface area contributed by atoms with Crippen LogP contribution >= 0.6 is 21.6 Å². The summed E-state index contributed by atoms with van der Waals surface area (Å²) in [5, 5.41) is 30.6. The van der Waals surface area contributed by atoms with E-state index in [2.05, 4.69) is 22.8 Å². The third-order valence-electron chi connectivity index (χ3n) is 15.0. The maximum absolute atomic E-state index is 14.2. The molecule has 1 amide bonds. The lowest BCUT2D eigenvalue weighted by molar-refractivity contribution is -0.168. The number of carbonyl (C=O) groups excluding carboxylic acids is 2. The minimum absolute atomic E-state index is 0.0458. The molecule has 1 spiro atoms. The van der Waals surface area contributed by atoms with Crippen LogP contribution in [-0.4, -0.2) is 81.0 Å². The zero-order valence-corrected chi connectivity index (χ0v) is 38.0. The van der Waals surface area contributed by atoms with Gasteiger partial charge in [0.1, 0.15) is 11.7 Å². The average molecular weight is 879 g/mol. The van der Waals surface area contributed by atoms with Crippen LogP contribution in [0.2, 0.25) is 0 Å². The Bertz CT molecular complexity index is 1870. The van der Waals surface area contributed by atoms with Crippen LogP contribution in [0.15, 0.2) is 34.6 Å². The van der Waals surface area contributed by atoms with Crippen molar-refractivity contribution in [2.45, 2.75) is 171 Å². The maximum atomic E-state index is 14.2. The molecule has 6 unspecified atom stereocenters. The van der Waals surface area contributed by atoms with Gasteiger partial charge in [0.15, 0.2) is 17.5 Å². The largest absolute Gasteiger partial charge is 0.504 e. The number of guanidine groups is 1. The lowest BCUT2D eigenvalue weighted by Crippen LogP contribution is -2.47. The summed E-state index contributed by atoms with van der Waals surface area (Å²) in [6, 6.07) is 2.09. The van der Waals surface area contributed by atoms with Gasteiger partial charge in [0.25, 0.3) is 0 Å². The number of nitrogens with zero attached hydrogens (tertiary/aromatic N) is 2. The van der Waals surface area contributed by atoms with E-state index in [4.69, 9.17) is 25.9 Å². The van der Waals surface area contributed by atoms with E-state index in [0.717, 1.165) is 112 Å². The van der Waals surface area contributed by atoms with Crippen LogP contribution in [0.5, 0.6) is 11.5 Å². The molecule has 1 aromatic rings. The number of dihydropyridines is 1. The van der Waals surface area contributed by atoms with Gasteiger partial charge in [-0.25, -0.2) is 0 Å². The summed E-state index contributed by atoms with van der Waals surface area (Å²) >= 11 is 0. The summed E-state index contributed by atoms with van der Waals surface area (Å²) in [6.45, 7) is 3.37. The second-order valence-electron chi connectivity index (χ2n) is 19.5. The molecule has 9 rings (SSSR count). The molecule has 8 aliphatic rings. The molecule has 3 saturated carbocycles. The Labute approximate surface area is 370 Å². The van der Waals surface area contributed by atoms with Crippen molar-refractivity contribution in [3.8, 4) is 11.5 Å². The van der Waals surface area contributed by atoms with Gasteiger partial charge >= 0.3 is 5.97 Å². The van der Waals surface area contributed by atoms with Gasteiger partial charge in [0.05, 0.1) is 16.8 Å². The van der Waals surface area contributed by atoms with E-state index in [0.29, 0.717) is 93.6 Å². The molecule has 1 aromatic carbocycles. The van der Waals surface area contributed by atoms with Crippen molar-refractivity contribution in [3.63, 3.8) is 0 Å². The first-order chi connectivity index (χ1) is 29.4. The zero-order valence-electron chi connectivity index (χ0n) is 36.3. The van der Waals surface area contributed by atoms with Crippen LogP contribution in [0.4, 0.5) is 0 Å². The highest BCUT2D eigenvalue weighted by Gasteiger charge is 2.45. The minimum atomic E-state index is -0.768. The summed E-state index contributed by atoms with van der Waals surface area (Å²) in [7, 11) is 3.83. The van der Waals surface area contributed by atoms with E-state index in [-0.39, 0.29) is 41.1 Å². The Balaban J connectivity index is 1.11. The Morgan fingerprint density at radius 3 is 2.64 bits per heavy atom. The molecule has 0 radical (unpaired) electrons. The van der Waals surface area contributed by atoms with E-state index >= 15 is 0 Å². The Morgan fingerprint density at radius 1 is 1.00 bits per heavy atom. The molecule has 5 aliphatic heterocycles. The smallest absolute Gasteiger partial charge is 0.303 e. The van der Waals surface area contributed by atoms with Crippen LogP contribution in [-0.2, 0) is 33.7 Å². The van der Waals surface area contributed by atoms with Crippen LogP contribution in [0.25, 0.3) is 0 Å². The number of nitrogens with two attached hydrogens (primary N) is 2. The molecule has 4 fully saturated rings. The zero-order chi connectivity index (χ0) is 42.6. The van der Waals surface area contributed by atoms with Gasteiger partial charge in [-0.2, -0.15) is 0 Å². The van der Waals surface area contributed by atoms with E-state index in [9.17, 15) is 19.8 Å². The molecule has 1 saturated heterocycles. The summed E-state index contributed by atoms with van der Waals surface area (Å²) in [6.07, 6.45) is 22.2. The van der Waals surface area contributed by atoms with Crippen molar-refractivity contribution in [1.29, 1.82) is 0 Å². The van der Waals surface area contributed by atoms with Crippen molar-refractivity contribution in [1.82, 2.24) is 15.5 Å². The Morgan fingerprint density at radius 2 is 1.84 bits per heavy atom. The van der Waals surface area contributed by atoms with Crippen LogP contribution in [0.1, 0.15) is 146 Å². The molecule has 3 aliphatic carbocycles. The molecule has 0 aromatic heterocycles. The van der Waals surface area contributed by atoms with Crippen molar-refractivity contribution in [3.05, 3.63) is 46.3 Å². The molecule has 6 atom stereocenters. The number of amides is 1. The lowest BCUT2D eigenvalue weighted by atomic mass is 9.72. The summed E-state index contributed by atoms with van der Waals surface area (Å²) in [5.74, 6) is 3.20. The Hall–Kier alpha value is -3.23. The van der Waals surface area contributed by atoms with Gasteiger partial charge in [0.2, 0.25) is 5.91 Å². The van der Waals surface area contributed by atoms with Gasteiger partial charge < -0.3 is 46.7 Å². The third-order valence-corrected chi connectivity index (χ3v) is 18.2. The number of carbonyl (C=O) groups is 2. The van der Waals surface area contributed by atoms with Crippen molar-refractivity contribution >= 4 is 39.4 Å². The number of aliphatic hydroxyl groups is 1. The van der Waals surface area contributed by atoms with Gasteiger partial charge in [-0.3, -0.25) is 14.6 Å². The number of aryl methyl sites for hydroxylation is 1. The molecule has 14 heteroatoms. The van der Waals surface area contributed by atoms with Crippen molar-refractivity contribution < 1.29 is 29.3 Å². The van der Waals surface area contributed by atoms with Crippen LogP contribution in [0.3, 0.4) is 0 Å². The number of hydrogen-bond acceptors (Lipinski definition) is 13.